The molecule has 0 spiro atoms. The fourth-order valence-corrected chi connectivity index (χ4v) is 1.73. The second-order valence-electron chi connectivity index (χ2n) is 4.06. The van der Waals surface area contributed by atoms with E-state index in [9.17, 15) is 4.79 Å². The molecule has 0 aliphatic carbocycles. The Labute approximate surface area is 100 Å². The number of rotatable bonds is 4. The van der Waals surface area contributed by atoms with Crippen LogP contribution in [0, 0.1) is 5.92 Å². The Morgan fingerprint density at radius 2 is 2.18 bits per heavy atom. The third-order valence-corrected chi connectivity index (χ3v) is 2.79. The minimum atomic E-state index is -0.333. The first-order valence-corrected chi connectivity index (χ1v) is 5.68. The van der Waals surface area contributed by atoms with Gasteiger partial charge >= 0.3 is 5.97 Å². The maximum absolute atomic E-state index is 11.2. The van der Waals surface area contributed by atoms with Gasteiger partial charge in [0.2, 0.25) is 0 Å². The monoisotopic (exact) mass is 236 g/mol. The van der Waals surface area contributed by atoms with Gasteiger partial charge in [0.15, 0.2) is 0 Å². The topological polar surface area (TPSA) is 44.8 Å². The molecule has 1 aliphatic heterocycles. The van der Waals surface area contributed by atoms with E-state index in [0.717, 1.165) is 25.4 Å². The summed E-state index contributed by atoms with van der Waals surface area (Å²) >= 11 is 0. The molecule has 1 fully saturated rings. The van der Waals surface area contributed by atoms with Crippen LogP contribution in [0.4, 0.5) is 0 Å². The second-order valence-corrected chi connectivity index (χ2v) is 4.06. The van der Waals surface area contributed by atoms with Gasteiger partial charge in [0, 0.05) is 12.5 Å². The average molecular weight is 236 g/mol. The van der Waals surface area contributed by atoms with Gasteiger partial charge in [0.05, 0.1) is 25.9 Å². The van der Waals surface area contributed by atoms with Gasteiger partial charge in [0.25, 0.3) is 0 Å². The van der Waals surface area contributed by atoms with Crippen LogP contribution in [0.2, 0.25) is 0 Å². The van der Waals surface area contributed by atoms with Gasteiger partial charge in [-0.05, 0) is 30.7 Å². The van der Waals surface area contributed by atoms with Crippen LogP contribution in [-0.4, -0.2) is 32.9 Å². The lowest BCUT2D eigenvalue weighted by molar-refractivity contribution is 0.0600. The molecule has 0 aromatic heterocycles. The number of ether oxygens (including phenoxy) is 3. The third kappa shape index (κ3) is 3.20. The molecule has 0 radical (unpaired) electrons. The quantitative estimate of drug-likeness (QED) is 0.749. The summed E-state index contributed by atoms with van der Waals surface area (Å²) in [5, 5.41) is 0. The van der Waals surface area contributed by atoms with Crippen molar-refractivity contribution in [2.24, 2.45) is 5.92 Å². The number of carbonyl (C=O) groups excluding carboxylic acids is 1. The van der Waals surface area contributed by atoms with Crippen LogP contribution in [-0.2, 0) is 9.47 Å². The van der Waals surface area contributed by atoms with Gasteiger partial charge in [0.1, 0.15) is 5.75 Å². The van der Waals surface area contributed by atoms with Gasteiger partial charge in [-0.1, -0.05) is 0 Å². The first-order chi connectivity index (χ1) is 8.29. The Morgan fingerprint density at radius 3 is 2.76 bits per heavy atom. The van der Waals surface area contributed by atoms with E-state index in [2.05, 4.69) is 4.74 Å². The fourth-order valence-electron chi connectivity index (χ4n) is 1.73. The smallest absolute Gasteiger partial charge is 0.337 e. The predicted molar refractivity (Wildman–Crippen MR) is 62.2 cm³/mol. The Bertz CT molecular complexity index is 366. The van der Waals surface area contributed by atoms with E-state index in [1.54, 1.807) is 24.3 Å². The molecule has 0 bridgehead atoms. The molecule has 92 valence electrons. The zero-order chi connectivity index (χ0) is 12.1. The van der Waals surface area contributed by atoms with Crippen molar-refractivity contribution in [2.75, 3.05) is 26.9 Å². The number of benzene rings is 1. The molecule has 0 saturated carbocycles. The van der Waals surface area contributed by atoms with Gasteiger partial charge in [-0.15, -0.1) is 0 Å². The van der Waals surface area contributed by atoms with E-state index in [1.807, 2.05) is 0 Å². The molecule has 0 N–H and O–H groups in total. The average Bonchev–Trinajstić information content (AvgIpc) is 2.89. The van der Waals surface area contributed by atoms with E-state index in [1.165, 1.54) is 7.11 Å². The Balaban J connectivity index is 1.87. The first kappa shape index (κ1) is 11.9. The van der Waals surface area contributed by atoms with Crippen molar-refractivity contribution in [3.8, 4) is 5.75 Å². The molecule has 1 aromatic rings. The maximum atomic E-state index is 11.2. The zero-order valence-corrected chi connectivity index (χ0v) is 9.85. The van der Waals surface area contributed by atoms with Crippen molar-refractivity contribution in [3.63, 3.8) is 0 Å². The summed E-state index contributed by atoms with van der Waals surface area (Å²) in [6.45, 7) is 2.27. The van der Waals surface area contributed by atoms with Crippen LogP contribution in [0.25, 0.3) is 0 Å². The first-order valence-electron chi connectivity index (χ1n) is 5.68. The van der Waals surface area contributed by atoms with Crippen LogP contribution in [0.5, 0.6) is 5.75 Å². The second kappa shape index (κ2) is 5.68. The summed E-state index contributed by atoms with van der Waals surface area (Å²) < 4.78 is 15.5. The summed E-state index contributed by atoms with van der Waals surface area (Å²) in [5.41, 5.74) is 0.532. The highest BCUT2D eigenvalue weighted by Gasteiger charge is 2.16. The highest BCUT2D eigenvalue weighted by atomic mass is 16.5. The number of hydrogen-bond acceptors (Lipinski definition) is 4. The van der Waals surface area contributed by atoms with Crippen molar-refractivity contribution >= 4 is 5.97 Å². The standard InChI is InChI=1S/C13H16O4/c1-15-13(14)11-2-4-12(5-3-11)17-9-10-6-7-16-8-10/h2-5,10H,6-9H2,1H3. The van der Waals surface area contributed by atoms with Crippen LogP contribution >= 0.6 is 0 Å². The molecule has 1 aromatic carbocycles. The SMILES string of the molecule is COC(=O)c1ccc(OCC2CCOC2)cc1. The van der Waals surface area contributed by atoms with Crippen molar-refractivity contribution < 1.29 is 19.0 Å². The third-order valence-electron chi connectivity index (χ3n) is 2.79. The lowest BCUT2D eigenvalue weighted by Crippen LogP contribution is -2.11. The molecule has 4 heteroatoms. The molecule has 4 nitrogen and oxygen atoms in total. The Kier molecular flexibility index (Phi) is 3.98. The molecule has 1 unspecified atom stereocenters. The molecule has 17 heavy (non-hydrogen) atoms. The lowest BCUT2D eigenvalue weighted by atomic mass is 10.1. The highest BCUT2D eigenvalue weighted by Crippen LogP contribution is 2.17. The van der Waals surface area contributed by atoms with Gasteiger partial charge < -0.3 is 14.2 Å². The highest BCUT2D eigenvalue weighted by molar-refractivity contribution is 5.89. The van der Waals surface area contributed by atoms with Crippen molar-refractivity contribution in [1.29, 1.82) is 0 Å². The largest absolute Gasteiger partial charge is 0.493 e. The van der Waals surface area contributed by atoms with Gasteiger partial charge in [-0.25, -0.2) is 4.79 Å². The number of methoxy groups -OCH3 is 1. The zero-order valence-electron chi connectivity index (χ0n) is 9.85. The van der Waals surface area contributed by atoms with Gasteiger partial charge in [-0.3, -0.25) is 0 Å². The predicted octanol–water partition coefficient (Wildman–Crippen LogP) is 1.89. The molecule has 1 heterocycles. The van der Waals surface area contributed by atoms with E-state index in [4.69, 9.17) is 9.47 Å². The van der Waals surface area contributed by atoms with Crippen LogP contribution in [0.15, 0.2) is 24.3 Å². The Hall–Kier alpha value is -1.55. The summed E-state index contributed by atoms with van der Waals surface area (Å²) in [6, 6.07) is 6.96. The van der Waals surface area contributed by atoms with E-state index in [-0.39, 0.29) is 5.97 Å². The summed E-state index contributed by atoms with van der Waals surface area (Å²) in [7, 11) is 1.37. The van der Waals surface area contributed by atoms with Crippen molar-refractivity contribution in [2.45, 2.75) is 6.42 Å². The minimum Gasteiger partial charge on any atom is -0.493 e. The number of hydrogen-bond donors (Lipinski definition) is 0. The van der Waals surface area contributed by atoms with Gasteiger partial charge in [-0.2, -0.15) is 0 Å². The Morgan fingerprint density at radius 1 is 1.41 bits per heavy atom. The number of carbonyl (C=O) groups is 1. The van der Waals surface area contributed by atoms with E-state index >= 15 is 0 Å². The summed E-state index contributed by atoms with van der Waals surface area (Å²) in [4.78, 5) is 11.2. The van der Waals surface area contributed by atoms with Crippen LogP contribution in [0.3, 0.4) is 0 Å². The van der Waals surface area contributed by atoms with Crippen LogP contribution < -0.4 is 4.74 Å². The summed E-state index contributed by atoms with van der Waals surface area (Å²) in [6.07, 6.45) is 1.06. The number of esters is 1. The molecule has 0 amide bonds. The van der Waals surface area contributed by atoms with Crippen molar-refractivity contribution in [3.05, 3.63) is 29.8 Å². The van der Waals surface area contributed by atoms with E-state index < -0.39 is 0 Å². The summed E-state index contributed by atoms with van der Waals surface area (Å²) in [5.74, 6) is 0.917. The lowest BCUT2D eigenvalue weighted by Gasteiger charge is -2.10. The molecular weight excluding hydrogens is 220 g/mol. The normalized spacial score (nSPS) is 19.0. The van der Waals surface area contributed by atoms with E-state index in [0.29, 0.717) is 18.1 Å². The molecule has 1 saturated heterocycles. The molecule has 1 aliphatic rings. The van der Waals surface area contributed by atoms with Crippen LogP contribution in [0.1, 0.15) is 16.8 Å². The molecule has 2 rings (SSSR count). The fraction of sp³-hybridized carbons (Fsp3) is 0.462. The molecule has 1 atom stereocenters. The maximum Gasteiger partial charge on any atom is 0.337 e. The minimum absolute atomic E-state index is 0.333. The van der Waals surface area contributed by atoms with Crippen molar-refractivity contribution in [1.82, 2.24) is 0 Å². The molecular formula is C13H16O4.